The molecule has 0 unspecified atom stereocenters. The maximum Gasteiger partial charge on any atom is 0.240 e. The Morgan fingerprint density at radius 1 is 1.44 bits per heavy atom. The second-order valence-corrected chi connectivity index (χ2v) is 3.41. The molecule has 1 aromatic heterocycles. The topological polar surface area (TPSA) is 74.2 Å². The van der Waals surface area contributed by atoms with Gasteiger partial charge in [0.1, 0.15) is 5.75 Å². The Bertz CT molecular complexity index is 468. The Hall–Kier alpha value is -1.88. The van der Waals surface area contributed by atoms with E-state index in [0.717, 1.165) is 11.3 Å². The molecule has 0 atom stereocenters. The lowest BCUT2D eigenvalue weighted by Crippen LogP contribution is -1.99. The molecule has 84 valence electrons. The molecule has 0 saturated heterocycles. The fourth-order valence-corrected chi connectivity index (χ4v) is 1.28. The maximum absolute atomic E-state index is 5.50. The van der Waals surface area contributed by atoms with Crippen LogP contribution in [0.15, 0.2) is 28.8 Å². The zero-order valence-corrected chi connectivity index (χ0v) is 9.01. The van der Waals surface area contributed by atoms with Crippen molar-refractivity contribution in [1.82, 2.24) is 10.1 Å². The SMILES string of the molecule is Cc1cccc(OCc2noc(CN)n2)c1. The molecule has 2 aromatic rings. The second-order valence-electron chi connectivity index (χ2n) is 3.41. The molecule has 1 aromatic carbocycles. The lowest BCUT2D eigenvalue weighted by Gasteiger charge is -2.03. The second kappa shape index (κ2) is 4.76. The molecule has 0 aliphatic heterocycles. The summed E-state index contributed by atoms with van der Waals surface area (Å²) in [6.45, 7) is 2.54. The van der Waals surface area contributed by atoms with Gasteiger partial charge in [0.05, 0.1) is 6.54 Å². The number of benzene rings is 1. The zero-order valence-electron chi connectivity index (χ0n) is 9.01. The van der Waals surface area contributed by atoms with Crippen LogP contribution < -0.4 is 10.5 Å². The molecule has 5 nitrogen and oxygen atoms in total. The Kier molecular flexibility index (Phi) is 3.16. The number of nitrogens with zero attached hydrogens (tertiary/aromatic N) is 2. The van der Waals surface area contributed by atoms with Crippen molar-refractivity contribution >= 4 is 0 Å². The average molecular weight is 219 g/mol. The van der Waals surface area contributed by atoms with E-state index in [1.54, 1.807) is 0 Å². The Morgan fingerprint density at radius 2 is 2.31 bits per heavy atom. The van der Waals surface area contributed by atoms with E-state index in [4.69, 9.17) is 15.0 Å². The molecule has 16 heavy (non-hydrogen) atoms. The van der Waals surface area contributed by atoms with E-state index in [0.29, 0.717) is 11.7 Å². The Labute approximate surface area is 93.2 Å². The van der Waals surface area contributed by atoms with Crippen LogP contribution in [-0.4, -0.2) is 10.1 Å². The fourth-order valence-electron chi connectivity index (χ4n) is 1.28. The Morgan fingerprint density at radius 3 is 3.00 bits per heavy atom. The highest BCUT2D eigenvalue weighted by Gasteiger charge is 2.04. The smallest absolute Gasteiger partial charge is 0.240 e. The molecule has 0 aliphatic rings. The van der Waals surface area contributed by atoms with Crippen molar-refractivity contribution in [3.8, 4) is 5.75 Å². The molecule has 2 rings (SSSR count). The molecule has 0 amide bonds. The normalized spacial score (nSPS) is 10.4. The lowest BCUT2D eigenvalue weighted by molar-refractivity contribution is 0.285. The van der Waals surface area contributed by atoms with Gasteiger partial charge in [0.25, 0.3) is 0 Å². The van der Waals surface area contributed by atoms with Crippen LogP contribution >= 0.6 is 0 Å². The third kappa shape index (κ3) is 2.58. The number of ether oxygens (including phenoxy) is 1. The summed E-state index contributed by atoms with van der Waals surface area (Å²) < 4.78 is 10.4. The summed E-state index contributed by atoms with van der Waals surface area (Å²) in [5.41, 5.74) is 6.50. The van der Waals surface area contributed by atoms with Gasteiger partial charge >= 0.3 is 0 Å². The van der Waals surface area contributed by atoms with E-state index in [1.807, 2.05) is 31.2 Å². The molecular weight excluding hydrogens is 206 g/mol. The standard InChI is InChI=1S/C11H13N3O2/c1-8-3-2-4-9(5-8)15-7-10-13-11(6-12)16-14-10/h2-5H,6-7,12H2,1H3. The minimum atomic E-state index is 0.247. The van der Waals surface area contributed by atoms with Crippen molar-refractivity contribution in [2.24, 2.45) is 5.73 Å². The van der Waals surface area contributed by atoms with E-state index in [-0.39, 0.29) is 13.2 Å². The minimum Gasteiger partial charge on any atom is -0.485 e. The summed E-state index contributed by atoms with van der Waals surface area (Å²) in [6.07, 6.45) is 0. The number of aryl methyl sites for hydroxylation is 1. The molecule has 0 aliphatic carbocycles. The Balaban J connectivity index is 1.96. The summed E-state index contributed by atoms with van der Waals surface area (Å²) in [5.74, 6) is 1.71. The van der Waals surface area contributed by atoms with E-state index in [1.165, 1.54) is 0 Å². The summed E-state index contributed by atoms with van der Waals surface area (Å²) in [7, 11) is 0. The monoisotopic (exact) mass is 219 g/mol. The highest BCUT2D eigenvalue weighted by molar-refractivity contribution is 5.27. The largest absolute Gasteiger partial charge is 0.485 e. The number of aromatic nitrogens is 2. The van der Waals surface area contributed by atoms with E-state index in [2.05, 4.69) is 10.1 Å². The first kappa shape index (κ1) is 10.6. The number of hydrogen-bond acceptors (Lipinski definition) is 5. The molecule has 5 heteroatoms. The first-order valence-electron chi connectivity index (χ1n) is 4.99. The van der Waals surface area contributed by atoms with Crippen molar-refractivity contribution in [1.29, 1.82) is 0 Å². The number of nitrogens with two attached hydrogens (primary N) is 1. The molecule has 0 bridgehead atoms. The van der Waals surface area contributed by atoms with Crippen LogP contribution in [0.25, 0.3) is 0 Å². The average Bonchev–Trinajstić information content (AvgIpc) is 2.74. The van der Waals surface area contributed by atoms with Gasteiger partial charge in [0.15, 0.2) is 6.61 Å². The number of rotatable bonds is 4. The number of hydrogen-bond donors (Lipinski definition) is 1. The molecule has 2 N–H and O–H groups in total. The molecule has 1 heterocycles. The quantitative estimate of drug-likeness (QED) is 0.841. The van der Waals surface area contributed by atoms with Crippen LogP contribution in [-0.2, 0) is 13.2 Å². The van der Waals surface area contributed by atoms with Crippen LogP contribution in [0.2, 0.25) is 0 Å². The van der Waals surface area contributed by atoms with Crippen molar-refractivity contribution in [3.63, 3.8) is 0 Å². The lowest BCUT2D eigenvalue weighted by atomic mass is 10.2. The highest BCUT2D eigenvalue weighted by Crippen LogP contribution is 2.13. The van der Waals surface area contributed by atoms with Gasteiger partial charge in [-0.3, -0.25) is 0 Å². The first-order valence-corrected chi connectivity index (χ1v) is 4.99. The van der Waals surface area contributed by atoms with E-state index < -0.39 is 0 Å². The first-order chi connectivity index (χ1) is 7.78. The van der Waals surface area contributed by atoms with Crippen LogP contribution in [0.5, 0.6) is 5.75 Å². The molecular formula is C11H13N3O2. The minimum absolute atomic E-state index is 0.247. The van der Waals surface area contributed by atoms with Crippen molar-refractivity contribution in [2.45, 2.75) is 20.1 Å². The highest BCUT2D eigenvalue weighted by atomic mass is 16.5. The van der Waals surface area contributed by atoms with Crippen LogP contribution in [0, 0.1) is 6.92 Å². The van der Waals surface area contributed by atoms with Gasteiger partial charge in [-0.2, -0.15) is 4.98 Å². The molecule has 0 saturated carbocycles. The van der Waals surface area contributed by atoms with Crippen molar-refractivity contribution in [3.05, 3.63) is 41.5 Å². The molecule has 0 spiro atoms. The zero-order chi connectivity index (χ0) is 11.4. The van der Waals surface area contributed by atoms with Crippen molar-refractivity contribution in [2.75, 3.05) is 0 Å². The van der Waals surface area contributed by atoms with Gasteiger partial charge in [-0.15, -0.1) is 0 Å². The predicted octanol–water partition coefficient (Wildman–Crippen LogP) is 1.42. The van der Waals surface area contributed by atoms with E-state index >= 15 is 0 Å². The molecule has 0 radical (unpaired) electrons. The van der Waals surface area contributed by atoms with Gasteiger partial charge in [-0.1, -0.05) is 17.3 Å². The van der Waals surface area contributed by atoms with Gasteiger partial charge in [-0.05, 0) is 24.6 Å². The van der Waals surface area contributed by atoms with Gasteiger partial charge in [0.2, 0.25) is 11.7 Å². The molecule has 0 fully saturated rings. The fraction of sp³-hybridized carbons (Fsp3) is 0.273. The summed E-state index contributed by atoms with van der Waals surface area (Å²) in [4.78, 5) is 4.04. The van der Waals surface area contributed by atoms with Crippen molar-refractivity contribution < 1.29 is 9.26 Å². The third-order valence-electron chi connectivity index (χ3n) is 2.04. The van der Waals surface area contributed by atoms with Gasteiger partial charge in [-0.25, -0.2) is 0 Å². The van der Waals surface area contributed by atoms with E-state index in [9.17, 15) is 0 Å². The maximum atomic E-state index is 5.50. The summed E-state index contributed by atoms with van der Waals surface area (Å²) in [6, 6.07) is 7.78. The third-order valence-corrected chi connectivity index (χ3v) is 2.04. The van der Waals surface area contributed by atoms with Crippen LogP contribution in [0.1, 0.15) is 17.3 Å². The van der Waals surface area contributed by atoms with Gasteiger partial charge in [0, 0.05) is 0 Å². The summed E-state index contributed by atoms with van der Waals surface area (Å²) in [5, 5.41) is 3.73. The summed E-state index contributed by atoms with van der Waals surface area (Å²) >= 11 is 0. The van der Waals surface area contributed by atoms with Crippen LogP contribution in [0.4, 0.5) is 0 Å². The predicted molar refractivity (Wildman–Crippen MR) is 57.7 cm³/mol. The van der Waals surface area contributed by atoms with Gasteiger partial charge < -0.3 is 15.0 Å². The van der Waals surface area contributed by atoms with Crippen LogP contribution in [0.3, 0.4) is 0 Å².